The van der Waals surface area contributed by atoms with E-state index in [1.165, 1.54) is 18.1 Å². The normalized spacial score (nSPS) is 47.1. The Labute approximate surface area is 173 Å². The average molecular weight is 397 g/mol. The molecular weight excluding hydrogens is 364 g/mol. The molecule has 3 fully saturated rings. The van der Waals surface area contributed by atoms with E-state index in [-0.39, 0.29) is 45.8 Å². The molecule has 156 valence electrons. The maximum Gasteiger partial charge on any atom is 0.303 e. The largest absolute Gasteiger partial charge is 0.458 e. The fraction of sp³-hybridized carbons (Fsp3) is 0.720. The minimum Gasteiger partial charge on any atom is -0.458 e. The van der Waals surface area contributed by atoms with Crippen LogP contribution in [0.25, 0.3) is 0 Å². The standard InChI is InChI=1S/C25H32O4/c1-15(26)29-13-21(28)25-14-22(25,2)12-20-18-6-5-16-11-17(27)7-9-23(16,3)19(18)8-10-24(20,25)4/h8,11,18,20H,5-7,9-10,12-14H2,1-4H3/t18?,20?,22-,23+,24+,25+/m1/s1. The first kappa shape index (κ1) is 19.3. The molecule has 0 aliphatic heterocycles. The number of carbonyl (C=O) groups excluding carboxylic acids is 3. The third-order valence-electron chi connectivity index (χ3n) is 9.82. The molecule has 0 aromatic rings. The van der Waals surface area contributed by atoms with Crippen LogP contribution in [0.4, 0.5) is 0 Å². The molecular formula is C25H32O4. The van der Waals surface area contributed by atoms with E-state index in [2.05, 4.69) is 26.8 Å². The smallest absolute Gasteiger partial charge is 0.303 e. The molecule has 5 aliphatic rings. The molecule has 6 atom stereocenters. The quantitative estimate of drug-likeness (QED) is 0.518. The second-order valence-electron chi connectivity index (χ2n) is 11.1. The number of carbonyl (C=O) groups is 3. The molecule has 0 N–H and O–H groups in total. The summed E-state index contributed by atoms with van der Waals surface area (Å²) in [6.45, 7) is 8.23. The Balaban J connectivity index is 1.51. The summed E-state index contributed by atoms with van der Waals surface area (Å²) in [4.78, 5) is 36.6. The van der Waals surface area contributed by atoms with Gasteiger partial charge in [0.15, 0.2) is 18.2 Å². The van der Waals surface area contributed by atoms with Crippen LogP contribution in [0.5, 0.6) is 0 Å². The van der Waals surface area contributed by atoms with Gasteiger partial charge in [-0.2, -0.15) is 0 Å². The van der Waals surface area contributed by atoms with Gasteiger partial charge in [-0.05, 0) is 67.3 Å². The number of ether oxygens (including phenoxy) is 1. The molecule has 3 saturated carbocycles. The molecule has 4 heteroatoms. The van der Waals surface area contributed by atoms with Crippen LogP contribution in [0.2, 0.25) is 0 Å². The van der Waals surface area contributed by atoms with E-state index in [1.807, 2.05) is 6.08 Å². The molecule has 0 heterocycles. The van der Waals surface area contributed by atoms with E-state index in [1.54, 1.807) is 0 Å². The summed E-state index contributed by atoms with van der Waals surface area (Å²) in [5.74, 6) is 1.03. The number of ketones is 2. The van der Waals surface area contributed by atoms with Gasteiger partial charge in [-0.25, -0.2) is 0 Å². The number of allylic oxidation sites excluding steroid dienone is 4. The van der Waals surface area contributed by atoms with Crippen LogP contribution < -0.4 is 0 Å². The van der Waals surface area contributed by atoms with Crippen molar-refractivity contribution < 1.29 is 19.1 Å². The number of rotatable bonds is 3. The van der Waals surface area contributed by atoms with E-state index < -0.39 is 0 Å². The SMILES string of the molecule is CC(=O)OCC(=O)[C@@]12C[C@@]1(C)CC1C3CCC4=CC(=O)CC[C@]4(C)C3=CC[C@@]12C. The van der Waals surface area contributed by atoms with Crippen LogP contribution in [0.3, 0.4) is 0 Å². The van der Waals surface area contributed by atoms with Crippen molar-refractivity contribution >= 4 is 17.5 Å². The monoisotopic (exact) mass is 396 g/mol. The van der Waals surface area contributed by atoms with Gasteiger partial charge >= 0.3 is 5.97 Å². The summed E-state index contributed by atoms with van der Waals surface area (Å²) < 4.78 is 5.14. The number of esters is 1. The molecule has 4 nitrogen and oxygen atoms in total. The molecule has 5 rings (SSSR count). The molecule has 0 amide bonds. The fourth-order valence-corrected chi connectivity index (χ4v) is 8.29. The maximum absolute atomic E-state index is 13.3. The van der Waals surface area contributed by atoms with Crippen LogP contribution in [0.15, 0.2) is 23.3 Å². The predicted molar refractivity (Wildman–Crippen MR) is 109 cm³/mol. The summed E-state index contributed by atoms with van der Waals surface area (Å²) in [6, 6.07) is 0. The Hall–Kier alpha value is -1.71. The molecule has 0 radical (unpaired) electrons. The third kappa shape index (κ3) is 2.24. The van der Waals surface area contributed by atoms with E-state index in [0.717, 1.165) is 38.5 Å². The Kier molecular flexibility index (Phi) is 3.79. The van der Waals surface area contributed by atoms with Crippen LogP contribution in [0, 0.1) is 33.5 Å². The highest BCUT2D eigenvalue weighted by molar-refractivity contribution is 5.93. The number of hydrogen-bond donors (Lipinski definition) is 0. The molecule has 29 heavy (non-hydrogen) atoms. The lowest BCUT2D eigenvalue weighted by Crippen LogP contribution is -2.48. The van der Waals surface area contributed by atoms with Crippen molar-refractivity contribution in [3.63, 3.8) is 0 Å². The third-order valence-corrected chi connectivity index (χ3v) is 9.82. The summed E-state index contributed by atoms with van der Waals surface area (Å²) >= 11 is 0. The zero-order valence-corrected chi connectivity index (χ0v) is 18.1. The second-order valence-corrected chi connectivity index (χ2v) is 11.1. The number of fused-ring (bicyclic) bond motifs is 7. The van der Waals surface area contributed by atoms with Gasteiger partial charge in [0, 0.05) is 24.2 Å². The van der Waals surface area contributed by atoms with Crippen LogP contribution in [0.1, 0.15) is 72.6 Å². The van der Waals surface area contributed by atoms with E-state index in [4.69, 9.17) is 4.74 Å². The zero-order valence-electron chi connectivity index (χ0n) is 18.1. The van der Waals surface area contributed by atoms with Gasteiger partial charge in [0.05, 0.1) is 0 Å². The van der Waals surface area contributed by atoms with Gasteiger partial charge in [-0.3, -0.25) is 14.4 Å². The van der Waals surface area contributed by atoms with Crippen LogP contribution >= 0.6 is 0 Å². The zero-order chi connectivity index (χ0) is 20.8. The molecule has 2 unspecified atom stereocenters. The summed E-state index contributed by atoms with van der Waals surface area (Å²) in [6.07, 6.45) is 11.0. The van der Waals surface area contributed by atoms with Crippen molar-refractivity contribution in [3.8, 4) is 0 Å². The molecule has 0 spiro atoms. The van der Waals surface area contributed by atoms with Gasteiger partial charge in [0.1, 0.15) is 0 Å². The Morgan fingerprint density at radius 2 is 1.97 bits per heavy atom. The maximum atomic E-state index is 13.3. The second kappa shape index (κ2) is 5.70. The van der Waals surface area contributed by atoms with Gasteiger partial charge in [-0.15, -0.1) is 0 Å². The molecule has 0 bridgehead atoms. The molecule has 5 aliphatic carbocycles. The van der Waals surface area contributed by atoms with Crippen molar-refractivity contribution in [1.29, 1.82) is 0 Å². The number of hydrogen-bond acceptors (Lipinski definition) is 4. The van der Waals surface area contributed by atoms with E-state index in [0.29, 0.717) is 18.3 Å². The van der Waals surface area contributed by atoms with Crippen molar-refractivity contribution in [2.75, 3.05) is 6.61 Å². The highest BCUT2D eigenvalue weighted by Crippen LogP contribution is 2.85. The Morgan fingerprint density at radius 3 is 2.69 bits per heavy atom. The van der Waals surface area contributed by atoms with Crippen molar-refractivity contribution in [1.82, 2.24) is 0 Å². The topological polar surface area (TPSA) is 60.4 Å². The first-order valence-electron chi connectivity index (χ1n) is 11.2. The first-order chi connectivity index (χ1) is 13.6. The number of Topliss-reactive ketones (excluding diaryl/α,β-unsaturated/α-hetero) is 1. The first-order valence-corrected chi connectivity index (χ1v) is 11.2. The molecule has 0 aromatic carbocycles. The van der Waals surface area contributed by atoms with Gasteiger partial charge in [-0.1, -0.05) is 38.0 Å². The van der Waals surface area contributed by atoms with E-state index >= 15 is 0 Å². The average Bonchev–Trinajstić information content (AvgIpc) is 3.24. The summed E-state index contributed by atoms with van der Waals surface area (Å²) in [5.41, 5.74) is 2.52. The van der Waals surface area contributed by atoms with Crippen molar-refractivity contribution in [3.05, 3.63) is 23.3 Å². The Morgan fingerprint density at radius 1 is 1.21 bits per heavy atom. The van der Waals surface area contributed by atoms with Gasteiger partial charge in [0.2, 0.25) is 0 Å². The van der Waals surface area contributed by atoms with Crippen LogP contribution in [-0.2, 0) is 19.1 Å². The molecule has 0 aromatic heterocycles. The van der Waals surface area contributed by atoms with E-state index in [9.17, 15) is 14.4 Å². The Bertz CT molecular complexity index is 896. The highest BCUT2D eigenvalue weighted by atomic mass is 16.5. The minimum atomic E-state index is -0.381. The lowest BCUT2D eigenvalue weighted by molar-refractivity contribution is -0.150. The van der Waals surface area contributed by atoms with Crippen molar-refractivity contribution in [2.24, 2.45) is 33.5 Å². The fourth-order valence-electron chi connectivity index (χ4n) is 8.29. The highest BCUT2D eigenvalue weighted by Gasteiger charge is 2.82. The predicted octanol–water partition coefficient (Wildman–Crippen LogP) is 4.58. The lowest BCUT2D eigenvalue weighted by Gasteiger charge is -2.54. The lowest BCUT2D eigenvalue weighted by atomic mass is 9.49. The van der Waals surface area contributed by atoms with Gasteiger partial charge < -0.3 is 4.74 Å². The minimum absolute atomic E-state index is 0.0285. The summed E-state index contributed by atoms with van der Waals surface area (Å²) in [7, 11) is 0. The molecule has 0 saturated heterocycles. The van der Waals surface area contributed by atoms with Crippen molar-refractivity contribution in [2.45, 2.75) is 72.6 Å². The van der Waals surface area contributed by atoms with Gasteiger partial charge in [0.25, 0.3) is 0 Å². The summed E-state index contributed by atoms with van der Waals surface area (Å²) in [5, 5.41) is 0. The van der Waals surface area contributed by atoms with Crippen LogP contribution in [-0.4, -0.2) is 24.1 Å².